The number of rotatable bonds is 7. The topological polar surface area (TPSA) is 100 Å². The first-order valence-corrected chi connectivity index (χ1v) is 12.3. The molecule has 0 saturated carbocycles. The molecule has 0 bridgehead atoms. The summed E-state index contributed by atoms with van der Waals surface area (Å²) >= 11 is 2.70. The summed E-state index contributed by atoms with van der Waals surface area (Å²) < 4.78 is 13.1. The number of nitrogens with zero attached hydrogens (tertiary/aromatic N) is 4. The highest BCUT2D eigenvalue weighted by molar-refractivity contribution is 8.00. The molecular formula is C24H20N4O4S2. The van der Waals surface area contributed by atoms with Crippen LogP contribution in [0.4, 0.5) is 0 Å². The van der Waals surface area contributed by atoms with Gasteiger partial charge in [-0.25, -0.2) is 15.0 Å². The first-order chi connectivity index (χ1) is 16.4. The van der Waals surface area contributed by atoms with Crippen molar-refractivity contribution in [3.63, 3.8) is 0 Å². The number of hydrogen-bond acceptors (Lipinski definition) is 9. The molecular weight excluding hydrogens is 472 g/mol. The van der Waals surface area contributed by atoms with Gasteiger partial charge in [0.2, 0.25) is 5.78 Å². The van der Waals surface area contributed by atoms with Crippen molar-refractivity contribution >= 4 is 56.9 Å². The summed E-state index contributed by atoms with van der Waals surface area (Å²) in [5.74, 6) is -0.772. The van der Waals surface area contributed by atoms with Gasteiger partial charge in [0.05, 0.1) is 11.4 Å². The first-order valence-electron chi connectivity index (χ1n) is 10.5. The van der Waals surface area contributed by atoms with E-state index < -0.39 is 5.97 Å². The lowest BCUT2D eigenvalue weighted by molar-refractivity contribution is -0.139. The lowest BCUT2D eigenvalue weighted by Gasteiger charge is -2.06. The van der Waals surface area contributed by atoms with Crippen LogP contribution in [0.1, 0.15) is 27.4 Å². The number of ether oxygens (including phenoxy) is 1. The molecule has 1 aromatic carbocycles. The molecule has 0 spiro atoms. The monoisotopic (exact) mass is 492 g/mol. The quantitative estimate of drug-likeness (QED) is 0.134. The van der Waals surface area contributed by atoms with Crippen LogP contribution in [0.5, 0.6) is 0 Å². The maximum Gasteiger partial charge on any atom is 0.316 e. The SMILES string of the molecule is Cc1csc(-n2c(C)cc(C(=O)COC(=O)CSc3ncnc4c3oc3ccccc34)c2C)n1. The fourth-order valence-electron chi connectivity index (χ4n) is 3.78. The molecule has 172 valence electrons. The second-order valence-electron chi connectivity index (χ2n) is 7.72. The molecule has 5 rings (SSSR count). The number of thioether (sulfide) groups is 1. The first kappa shape index (κ1) is 22.3. The predicted octanol–water partition coefficient (Wildman–Crippen LogP) is 5.07. The Morgan fingerprint density at radius 3 is 2.79 bits per heavy atom. The van der Waals surface area contributed by atoms with E-state index >= 15 is 0 Å². The van der Waals surface area contributed by atoms with Gasteiger partial charge in [0.25, 0.3) is 0 Å². The number of carbonyl (C=O) groups excluding carboxylic acids is 2. The molecule has 0 aliphatic carbocycles. The summed E-state index contributed by atoms with van der Waals surface area (Å²) in [7, 11) is 0. The molecule has 0 amide bonds. The summed E-state index contributed by atoms with van der Waals surface area (Å²) in [6.45, 7) is 5.38. The number of para-hydroxylation sites is 1. The van der Waals surface area contributed by atoms with Crippen molar-refractivity contribution in [1.82, 2.24) is 19.5 Å². The second-order valence-corrected chi connectivity index (χ2v) is 9.52. The van der Waals surface area contributed by atoms with Gasteiger partial charge in [-0.15, -0.1) is 11.3 Å². The molecule has 10 heteroatoms. The van der Waals surface area contributed by atoms with Crippen molar-refractivity contribution in [1.29, 1.82) is 0 Å². The summed E-state index contributed by atoms with van der Waals surface area (Å²) in [5.41, 5.74) is 5.05. The third-order valence-corrected chi connectivity index (χ3v) is 7.23. The summed E-state index contributed by atoms with van der Waals surface area (Å²) in [6.07, 6.45) is 1.45. The number of hydrogen-bond donors (Lipinski definition) is 0. The molecule has 0 unspecified atom stereocenters. The fourth-order valence-corrected chi connectivity index (χ4v) is 5.42. The number of carbonyl (C=O) groups is 2. The van der Waals surface area contributed by atoms with Crippen LogP contribution in [0.3, 0.4) is 0 Å². The van der Waals surface area contributed by atoms with E-state index in [0.29, 0.717) is 27.3 Å². The van der Waals surface area contributed by atoms with E-state index in [0.717, 1.165) is 27.6 Å². The fraction of sp³-hybridized carbons (Fsp3) is 0.208. The van der Waals surface area contributed by atoms with Crippen LogP contribution in [0, 0.1) is 20.8 Å². The van der Waals surface area contributed by atoms with Gasteiger partial charge in [0, 0.05) is 27.7 Å². The molecule has 4 heterocycles. The molecule has 0 radical (unpaired) electrons. The van der Waals surface area contributed by atoms with Crippen molar-refractivity contribution in [2.75, 3.05) is 12.4 Å². The average Bonchev–Trinajstić information content (AvgIpc) is 3.51. The summed E-state index contributed by atoms with van der Waals surface area (Å²) in [6, 6.07) is 9.38. The van der Waals surface area contributed by atoms with Crippen LogP contribution in [0.15, 0.2) is 51.5 Å². The van der Waals surface area contributed by atoms with Gasteiger partial charge >= 0.3 is 5.97 Å². The highest BCUT2D eigenvalue weighted by atomic mass is 32.2. The molecule has 4 aromatic heterocycles. The molecule has 34 heavy (non-hydrogen) atoms. The van der Waals surface area contributed by atoms with Crippen LogP contribution >= 0.6 is 23.1 Å². The summed E-state index contributed by atoms with van der Waals surface area (Å²) in [4.78, 5) is 38.2. The molecule has 0 fully saturated rings. The Morgan fingerprint density at radius 1 is 1.18 bits per heavy atom. The van der Waals surface area contributed by atoms with Gasteiger partial charge in [-0.1, -0.05) is 23.9 Å². The van der Waals surface area contributed by atoms with Gasteiger partial charge in [0.1, 0.15) is 22.5 Å². The Morgan fingerprint density at radius 2 is 2.00 bits per heavy atom. The average molecular weight is 493 g/mol. The van der Waals surface area contributed by atoms with Crippen molar-refractivity contribution in [2.45, 2.75) is 25.8 Å². The van der Waals surface area contributed by atoms with Gasteiger partial charge in [-0.3, -0.25) is 14.2 Å². The van der Waals surface area contributed by atoms with Gasteiger partial charge in [-0.05, 0) is 39.0 Å². The molecule has 0 saturated heterocycles. The lowest BCUT2D eigenvalue weighted by Crippen LogP contribution is -2.16. The van der Waals surface area contributed by atoms with Crippen molar-refractivity contribution in [2.24, 2.45) is 0 Å². The van der Waals surface area contributed by atoms with E-state index in [-0.39, 0.29) is 18.1 Å². The zero-order valence-electron chi connectivity index (χ0n) is 18.7. The number of thiazole rings is 1. The highest BCUT2D eigenvalue weighted by Crippen LogP contribution is 2.32. The van der Waals surface area contributed by atoms with E-state index in [4.69, 9.17) is 9.15 Å². The standard InChI is InChI=1S/C24H20N4O4S2/c1-13-10-34-24(27-13)28-14(2)8-17(15(28)3)18(29)9-31-20(30)11-33-23-22-21(25-12-26-23)16-6-4-5-7-19(16)32-22/h4-8,10,12H,9,11H2,1-3H3. The van der Waals surface area contributed by atoms with Crippen molar-refractivity contribution in [3.05, 3.63) is 64.7 Å². The largest absolute Gasteiger partial charge is 0.457 e. The van der Waals surface area contributed by atoms with Crippen LogP contribution in [0.2, 0.25) is 0 Å². The number of benzene rings is 1. The Balaban J connectivity index is 1.24. The number of Topliss-reactive ketones (excluding diaryl/α,β-unsaturated/α-hetero) is 1. The molecule has 0 atom stereocenters. The Labute approximate surface area is 203 Å². The van der Waals surface area contributed by atoms with E-state index in [1.165, 1.54) is 29.4 Å². The normalized spacial score (nSPS) is 11.4. The van der Waals surface area contributed by atoms with E-state index in [1.54, 1.807) is 6.07 Å². The molecule has 8 nitrogen and oxygen atoms in total. The maximum absolute atomic E-state index is 12.8. The zero-order chi connectivity index (χ0) is 23.8. The van der Waals surface area contributed by atoms with Crippen LogP contribution in [0.25, 0.3) is 27.2 Å². The van der Waals surface area contributed by atoms with Gasteiger partial charge < -0.3 is 9.15 Å². The Bertz CT molecular complexity index is 1550. The van der Waals surface area contributed by atoms with Crippen LogP contribution < -0.4 is 0 Å². The number of fused-ring (bicyclic) bond motifs is 3. The molecule has 0 aliphatic rings. The molecule has 0 aliphatic heterocycles. The van der Waals surface area contributed by atoms with Crippen molar-refractivity contribution < 1.29 is 18.7 Å². The maximum atomic E-state index is 12.8. The van der Waals surface area contributed by atoms with Crippen molar-refractivity contribution in [3.8, 4) is 5.13 Å². The van der Waals surface area contributed by atoms with E-state index in [1.807, 2.05) is 55.0 Å². The van der Waals surface area contributed by atoms with Gasteiger partial charge in [0.15, 0.2) is 17.3 Å². The Hall–Kier alpha value is -3.50. The smallest absolute Gasteiger partial charge is 0.316 e. The third-order valence-electron chi connectivity index (χ3n) is 5.35. The Kier molecular flexibility index (Phi) is 5.93. The van der Waals surface area contributed by atoms with E-state index in [9.17, 15) is 9.59 Å². The third kappa shape index (κ3) is 4.10. The highest BCUT2D eigenvalue weighted by Gasteiger charge is 2.20. The summed E-state index contributed by atoms with van der Waals surface area (Å²) in [5, 5.41) is 4.21. The number of furan rings is 1. The number of ketones is 1. The zero-order valence-corrected chi connectivity index (χ0v) is 20.3. The second kappa shape index (κ2) is 9.03. The van der Waals surface area contributed by atoms with E-state index in [2.05, 4.69) is 15.0 Å². The van der Waals surface area contributed by atoms with Crippen LogP contribution in [-0.4, -0.2) is 43.6 Å². The lowest BCUT2D eigenvalue weighted by atomic mass is 10.1. The number of esters is 1. The predicted molar refractivity (Wildman–Crippen MR) is 131 cm³/mol. The number of aryl methyl sites for hydroxylation is 2. The van der Waals surface area contributed by atoms with Crippen LogP contribution in [-0.2, 0) is 9.53 Å². The minimum absolute atomic E-state index is 0.00610. The molecule has 5 aromatic rings. The minimum Gasteiger partial charge on any atom is -0.457 e. The molecule has 0 N–H and O–H groups in total. The number of aromatic nitrogens is 4. The van der Waals surface area contributed by atoms with Gasteiger partial charge in [-0.2, -0.15) is 0 Å². The minimum atomic E-state index is -0.509.